The van der Waals surface area contributed by atoms with Crippen LogP contribution >= 0.6 is 23.2 Å². The van der Waals surface area contributed by atoms with Crippen molar-refractivity contribution >= 4 is 40.8 Å². The van der Waals surface area contributed by atoms with Crippen molar-refractivity contribution in [1.82, 2.24) is 20.1 Å². The van der Waals surface area contributed by atoms with Crippen LogP contribution in [0.25, 0.3) is 0 Å². The second kappa shape index (κ2) is 10.1. The van der Waals surface area contributed by atoms with Gasteiger partial charge in [0, 0.05) is 41.5 Å². The summed E-state index contributed by atoms with van der Waals surface area (Å²) in [5.74, 6) is -0.123. The summed E-state index contributed by atoms with van der Waals surface area (Å²) in [6.45, 7) is 7.06. The fraction of sp³-hybridized carbons (Fsp3) is 0.400. The zero-order valence-electron chi connectivity index (χ0n) is 19.9. The van der Waals surface area contributed by atoms with Crippen molar-refractivity contribution < 1.29 is 14.3 Å². The number of H-pyrrole nitrogens is 1. The Morgan fingerprint density at radius 3 is 2.57 bits per heavy atom. The molecule has 186 valence electrons. The van der Waals surface area contributed by atoms with Crippen molar-refractivity contribution in [3.63, 3.8) is 0 Å². The molecule has 0 aliphatic carbocycles. The van der Waals surface area contributed by atoms with Gasteiger partial charge in [0.05, 0.1) is 15.5 Å². The predicted molar refractivity (Wildman–Crippen MR) is 135 cm³/mol. The molecular weight excluding hydrogens is 492 g/mol. The number of nitrogens with zero attached hydrogens (tertiary/aromatic N) is 3. The number of aliphatic carboxylic acids is 1. The SMILES string of the molecule is Cc1cc(Nc2nc(CC3(C(=O)O)CCN(Cc4cccc(Cl)c4F)CC3)c(C)c(Cl)c2C)n[nH]1. The summed E-state index contributed by atoms with van der Waals surface area (Å²) in [6.07, 6.45) is 1.08. The van der Waals surface area contributed by atoms with Crippen LogP contribution in [0.1, 0.15) is 40.9 Å². The number of benzene rings is 1. The number of likely N-dealkylation sites (tertiary alicyclic amines) is 1. The maximum Gasteiger partial charge on any atom is 0.310 e. The molecule has 3 N–H and O–H groups in total. The molecule has 0 saturated carbocycles. The quantitative estimate of drug-likeness (QED) is 0.363. The number of carboxylic acids is 1. The number of piperidine rings is 1. The van der Waals surface area contributed by atoms with E-state index < -0.39 is 17.2 Å². The molecule has 2 aromatic heterocycles. The zero-order chi connectivity index (χ0) is 25.3. The van der Waals surface area contributed by atoms with Crippen LogP contribution in [0.15, 0.2) is 24.3 Å². The largest absolute Gasteiger partial charge is 0.481 e. The van der Waals surface area contributed by atoms with E-state index >= 15 is 0 Å². The van der Waals surface area contributed by atoms with Crippen LogP contribution in [0.4, 0.5) is 16.0 Å². The van der Waals surface area contributed by atoms with Gasteiger partial charge in [0.1, 0.15) is 11.6 Å². The van der Waals surface area contributed by atoms with Gasteiger partial charge in [0.25, 0.3) is 0 Å². The van der Waals surface area contributed by atoms with Crippen LogP contribution < -0.4 is 5.32 Å². The molecule has 35 heavy (non-hydrogen) atoms. The standard InChI is InChI=1S/C25H28Cl2FN5O2/c1-14-11-20(32-31-14)30-23-16(3)21(27)15(2)19(29-23)12-25(24(34)35)7-9-33(10-8-25)13-17-5-4-6-18(26)22(17)28/h4-6,11H,7-10,12-13H2,1-3H3,(H,34,35)(H2,29,30,31,32). The van der Waals surface area contributed by atoms with Crippen molar-refractivity contribution in [2.24, 2.45) is 5.41 Å². The highest BCUT2D eigenvalue weighted by Crippen LogP contribution is 2.39. The Morgan fingerprint density at radius 2 is 1.94 bits per heavy atom. The van der Waals surface area contributed by atoms with Crippen molar-refractivity contribution in [1.29, 1.82) is 0 Å². The first-order chi connectivity index (χ1) is 16.6. The monoisotopic (exact) mass is 519 g/mol. The highest BCUT2D eigenvalue weighted by atomic mass is 35.5. The van der Waals surface area contributed by atoms with Gasteiger partial charge >= 0.3 is 5.97 Å². The number of halogens is 3. The van der Waals surface area contributed by atoms with Crippen LogP contribution in [0.3, 0.4) is 0 Å². The molecule has 7 nitrogen and oxygen atoms in total. The van der Waals surface area contributed by atoms with Crippen LogP contribution in [0, 0.1) is 32.0 Å². The molecule has 0 unspecified atom stereocenters. The summed E-state index contributed by atoms with van der Waals surface area (Å²) < 4.78 is 14.3. The number of carboxylic acid groups (broad SMARTS) is 1. The molecule has 10 heteroatoms. The fourth-order valence-corrected chi connectivity index (χ4v) is 4.94. The number of carbonyl (C=O) groups is 1. The molecule has 1 aliphatic rings. The lowest BCUT2D eigenvalue weighted by atomic mass is 9.74. The number of nitrogens with one attached hydrogen (secondary N) is 2. The molecule has 0 amide bonds. The number of aromatic nitrogens is 3. The average molecular weight is 520 g/mol. The Kier molecular flexibility index (Phi) is 7.35. The summed E-state index contributed by atoms with van der Waals surface area (Å²) in [5, 5.41) is 21.1. The minimum atomic E-state index is -0.986. The van der Waals surface area contributed by atoms with Gasteiger partial charge < -0.3 is 10.4 Å². The molecule has 0 atom stereocenters. The number of anilines is 2. The van der Waals surface area contributed by atoms with Crippen LogP contribution in [0.5, 0.6) is 0 Å². The molecular formula is C25H28Cl2FN5O2. The van der Waals surface area contributed by atoms with E-state index in [1.165, 1.54) is 6.07 Å². The van der Waals surface area contributed by atoms with Gasteiger partial charge in [0.15, 0.2) is 5.82 Å². The van der Waals surface area contributed by atoms with Gasteiger partial charge in [-0.05, 0) is 58.3 Å². The molecule has 3 aromatic rings. The van der Waals surface area contributed by atoms with E-state index in [4.69, 9.17) is 28.2 Å². The minimum absolute atomic E-state index is 0.0894. The molecule has 3 heterocycles. The second-order valence-corrected chi connectivity index (χ2v) is 10.1. The zero-order valence-corrected chi connectivity index (χ0v) is 21.4. The van der Waals surface area contributed by atoms with E-state index in [0.717, 1.165) is 16.8 Å². The molecule has 1 aromatic carbocycles. The van der Waals surface area contributed by atoms with Gasteiger partial charge in [0.2, 0.25) is 0 Å². The van der Waals surface area contributed by atoms with E-state index in [2.05, 4.69) is 20.4 Å². The van der Waals surface area contributed by atoms with Gasteiger partial charge in [-0.25, -0.2) is 9.37 Å². The predicted octanol–water partition coefficient (Wildman–Crippen LogP) is 5.83. The van der Waals surface area contributed by atoms with Gasteiger partial charge in [-0.3, -0.25) is 14.8 Å². The molecule has 4 rings (SSSR count). The number of aryl methyl sites for hydroxylation is 1. The lowest BCUT2D eigenvalue weighted by Gasteiger charge is -2.39. The molecule has 0 spiro atoms. The number of hydrogen-bond donors (Lipinski definition) is 3. The van der Waals surface area contributed by atoms with Crippen molar-refractivity contribution in [3.05, 3.63) is 68.2 Å². The maximum atomic E-state index is 14.3. The number of pyridine rings is 1. The summed E-state index contributed by atoms with van der Waals surface area (Å²) in [4.78, 5) is 19.3. The van der Waals surface area contributed by atoms with Crippen molar-refractivity contribution in [2.75, 3.05) is 18.4 Å². The first-order valence-electron chi connectivity index (χ1n) is 11.4. The Labute approximate surface area is 213 Å². The van der Waals surface area contributed by atoms with Gasteiger partial charge in [-0.1, -0.05) is 35.3 Å². The smallest absolute Gasteiger partial charge is 0.310 e. The number of rotatable bonds is 7. The minimum Gasteiger partial charge on any atom is -0.481 e. The van der Waals surface area contributed by atoms with E-state index in [-0.39, 0.29) is 11.4 Å². The molecule has 1 fully saturated rings. The van der Waals surface area contributed by atoms with Crippen LogP contribution in [0.2, 0.25) is 10.0 Å². The Balaban J connectivity index is 1.54. The third-order valence-corrected chi connectivity index (χ3v) is 7.70. The van der Waals surface area contributed by atoms with E-state index in [1.54, 1.807) is 12.1 Å². The van der Waals surface area contributed by atoms with Crippen molar-refractivity contribution in [2.45, 2.75) is 46.6 Å². The summed E-state index contributed by atoms with van der Waals surface area (Å²) in [7, 11) is 0. The van der Waals surface area contributed by atoms with E-state index in [1.807, 2.05) is 26.8 Å². The first-order valence-corrected chi connectivity index (χ1v) is 12.2. The summed E-state index contributed by atoms with van der Waals surface area (Å²) >= 11 is 12.5. The van der Waals surface area contributed by atoms with Crippen LogP contribution in [-0.2, 0) is 17.8 Å². The maximum absolute atomic E-state index is 14.3. The fourth-order valence-electron chi connectivity index (χ4n) is 4.55. The lowest BCUT2D eigenvalue weighted by Crippen LogP contribution is -2.45. The topological polar surface area (TPSA) is 94.1 Å². The van der Waals surface area contributed by atoms with Crippen molar-refractivity contribution in [3.8, 4) is 0 Å². The third-order valence-electron chi connectivity index (χ3n) is 6.84. The summed E-state index contributed by atoms with van der Waals surface area (Å²) in [5.41, 5.74) is 2.62. The average Bonchev–Trinajstić information content (AvgIpc) is 3.24. The molecule has 1 aliphatic heterocycles. The van der Waals surface area contributed by atoms with Crippen LogP contribution in [-0.4, -0.2) is 44.2 Å². The third kappa shape index (κ3) is 5.29. The summed E-state index contributed by atoms with van der Waals surface area (Å²) in [6, 6.07) is 6.80. The Bertz CT molecular complexity index is 1250. The molecule has 0 bridgehead atoms. The highest BCUT2D eigenvalue weighted by Gasteiger charge is 2.42. The van der Waals surface area contributed by atoms with E-state index in [0.29, 0.717) is 60.4 Å². The number of aromatic amines is 1. The Morgan fingerprint density at radius 1 is 1.23 bits per heavy atom. The number of hydrogen-bond acceptors (Lipinski definition) is 5. The van der Waals surface area contributed by atoms with Gasteiger partial charge in [-0.2, -0.15) is 5.10 Å². The lowest BCUT2D eigenvalue weighted by molar-refractivity contribution is -0.152. The highest BCUT2D eigenvalue weighted by molar-refractivity contribution is 6.32. The normalized spacial score (nSPS) is 15.8. The Hall–Kier alpha value is -2.68. The molecule has 1 saturated heterocycles. The second-order valence-electron chi connectivity index (χ2n) is 9.28. The first kappa shape index (κ1) is 25.4. The van der Waals surface area contributed by atoms with Gasteiger partial charge in [-0.15, -0.1) is 0 Å². The van der Waals surface area contributed by atoms with E-state index in [9.17, 15) is 14.3 Å². The molecule has 0 radical (unpaired) electrons.